The minimum Gasteiger partial charge on any atom is -0.208 e. The number of aryl methyl sites for hydroxylation is 1. The van der Waals surface area contributed by atoms with E-state index in [-0.39, 0.29) is 6.04 Å². The summed E-state index contributed by atoms with van der Waals surface area (Å²) in [6.07, 6.45) is 11.1. The van der Waals surface area contributed by atoms with Gasteiger partial charge in [0.05, 0.1) is 4.90 Å². The number of nitrogens with one attached hydrogen (secondary N) is 1. The van der Waals surface area contributed by atoms with Crippen LogP contribution in [-0.4, -0.2) is 14.5 Å². The molecule has 0 spiro atoms. The molecule has 1 aromatic carbocycles. The van der Waals surface area contributed by atoms with E-state index in [9.17, 15) is 8.42 Å². The van der Waals surface area contributed by atoms with Crippen molar-refractivity contribution in [2.45, 2.75) is 82.6 Å². The lowest BCUT2D eigenvalue weighted by Crippen LogP contribution is -2.40. The van der Waals surface area contributed by atoms with Gasteiger partial charge in [-0.05, 0) is 74.5 Å². The Labute approximate surface area is 153 Å². The Kier molecular flexibility index (Phi) is 6.21. The minimum absolute atomic E-state index is 0.0361. The number of hydrogen-bond acceptors (Lipinski definition) is 2. The molecule has 0 amide bonds. The number of fused-ring (bicyclic) bond motifs is 2. The van der Waals surface area contributed by atoms with Gasteiger partial charge in [0.15, 0.2) is 0 Å². The number of unbranched alkanes of at least 4 members (excludes halogenated alkanes) is 3. The lowest BCUT2D eigenvalue weighted by Gasteiger charge is -2.28. The van der Waals surface area contributed by atoms with E-state index in [1.807, 2.05) is 19.1 Å². The molecule has 4 atom stereocenters. The summed E-state index contributed by atoms with van der Waals surface area (Å²) in [5.41, 5.74) is 1.23. The molecular weight excluding hydrogens is 330 g/mol. The van der Waals surface area contributed by atoms with Gasteiger partial charge < -0.3 is 0 Å². The van der Waals surface area contributed by atoms with E-state index in [4.69, 9.17) is 0 Å². The van der Waals surface area contributed by atoms with Gasteiger partial charge in [-0.2, -0.15) is 0 Å². The van der Waals surface area contributed by atoms with Gasteiger partial charge in [-0.15, -0.1) is 0 Å². The van der Waals surface area contributed by atoms with E-state index < -0.39 is 10.0 Å². The second kappa shape index (κ2) is 8.22. The Morgan fingerprint density at radius 1 is 1.08 bits per heavy atom. The molecule has 25 heavy (non-hydrogen) atoms. The Hall–Kier alpha value is -0.870. The zero-order valence-corrected chi connectivity index (χ0v) is 16.5. The number of sulfonamides is 1. The van der Waals surface area contributed by atoms with Gasteiger partial charge >= 0.3 is 0 Å². The zero-order valence-electron chi connectivity index (χ0n) is 15.7. The predicted molar refractivity (Wildman–Crippen MR) is 103 cm³/mol. The van der Waals surface area contributed by atoms with E-state index in [0.29, 0.717) is 10.8 Å². The Balaban J connectivity index is 1.56. The molecule has 0 aliphatic heterocycles. The van der Waals surface area contributed by atoms with E-state index in [0.717, 1.165) is 18.3 Å². The highest BCUT2D eigenvalue weighted by Crippen LogP contribution is 2.49. The van der Waals surface area contributed by atoms with Crippen LogP contribution in [-0.2, 0) is 16.4 Å². The zero-order chi connectivity index (χ0) is 17.9. The Morgan fingerprint density at radius 2 is 1.84 bits per heavy atom. The average Bonchev–Trinajstić information content (AvgIpc) is 3.22. The quantitative estimate of drug-likeness (QED) is 0.634. The predicted octanol–water partition coefficient (Wildman–Crippen LogP) is 4.91. The van der Waals surface area contributed by atoms with Crippen LogP contribution in [0.2, 0.25) is 0 Å². The molecule has 2 aliphatic carbocycles. The summed E-state index contributed by atoms with van der Waals surface area (Å²) >= 11 is 0. The van der Waals surface area contributed by atoms with Crippen LogP contribution in [0.4, 0.5) is 0 Å². The van der Waals surface area contributed by atoms with Crippen LogP contribution in [0.25, 0.3) is 0 Å². The molecule has 0 aromatic heterocycles. The summed E-state index contributed by atoms with van der Waals surface area (Å²) < 4.78 is 28.4. The van der Waals surface area contributed by atoms with Crippen molar-refractivity contribution in [2.24, 2.45) is 17.8 Å². The van der Waals surface area contributed by atoms with Gasteiger partial charge in [0.1, 0.15) is 0 Å². The molecule has 2 aliphatic rings. The molecule has 3 nitrogen and oxygen atoms in total. The summed E-state index contributed by atoms with van der Waals surface area (Å²) in [5, 5.41) is 0. The third kappa shape index (κ3) is 4.65. The molecule has 0 radical (unpaired) electrons. The van der Waals surface area contributed by atoms with Crippen LogP contribution in [0.15, 0.2) is 29.2 Å². The largest absolute Gasteiger partial charge is 0.240 e. The summed E-state index contributed by atoms with van der Waals surface area (Å²) in [7, 11) is -3.41. The summed E-state index contributed by atoms with van der Waals surface area (Å²) in [6.45, 7) is 4.26. The third-order valence-electron chi connectivity index (χ3n) is 6.33. The van der Waals surface area contributed by atoms with Crippen molar-refractivity contribution in [3.63, 3.8) is 0 Å². The molecule has 140 valence electrons. The van der Waals surface area contributed by atoms with E-state index in [1.165, 1.54) is 56.9 Å². The summed E-state index contributed by atoms with van der Waals surface area (Å²) in [4.78, 5) is 0.403. The van der Waals surface area contributed by atoms with Crippen molar-refractivity contribution in [1.29, 1.82) is 0 Å². The first-order chi connectivity index (χ1) is 12.0. The molecule has 0 saturated heterocycles. The SMILES string of the molecule is CCCCCCc1ccc(S(=O)(=O)NC(C)C2CC3CCC2C3)cc1. The van der Waals surface area contributed by atoms with Crippen molar-refractivity contribution < 1.29 is 8.42 Å². The first kappa shape index (κ1) is 18.9. The van der Waals surface area contributed by atoms with E-state index in [1.54, 1.807) is 12.1 Å². The van der Waals surface area contributed by atoms with Crippen molar-refractivity contribution in [3.05, 3.63) is 29.8 Å². The van der Waals surface area contributed by atoms with Crippen LogP contribution in [0.5, 0.6) is 0 Å². The fourth-order valence-corrected chi connectivity index (χ4v) is 6.19. The highest BCUT2D eigenvalue weighted by molar-refractivity contribution is 7.89. The van der Waals surface area contributed by atoms with Gasteiger partial charge in [-0.3, -0.25) is 0 Å². The van der Waals surface area contributed by atoms with Crippen LogP contribution < -0.4 is 4.72 Å². The Morgan fingerprint density at radius 3 is 2.44 bits per heavy atom. The van der Waals surface area contributed by atoms with Gasteiger partial charge in [-0.25, -0.2) is 13.1 Å². The average molecular weight is 364 g/mol. The molecule has 2 fully saturated rings. The monoisotopic (exact) mass is 363 g/mol. The second-order valence-electron chi connectivity index (χ2n) is 8.20. The summed E-state index contributed by atoms with van der Waals surface area (Å²) in [6, 6.07) is 7.52. The topological polar surface area (TPSA) is 46.2 Å². The first-order valence-corrected chi connectivity index (χ1v) is 11.6. The fraction of sp³-hybridized carbons (Fsp3) is 0.714. The first-order valence-electron chi connectivity index (χ1n) is 10.1. The molecule has 4 unspecified atom stereocenters. The van der Waals surface area contributed by atoms with E-state index in [2.05, 4.69) is 11.6 Å². The van der Waals surface area contributed by atoms with Crippen molar-refractivity contribution >= 4 is 10.0 Å². The van der Waals surface area contributed by atoms with Crippen molar-refractivity contribution in [2.75, 3.05) is 0 Å². The maximum atomic E-state index is 12.7. The smallest absolute Gasteiger partial charge is 0.208 e. The molecule has 2 bridgehead atoms. The molecule has 3 rings (SSSR count). The molecule has 4 heteroatoms. The van der Waals surface area contributed by atoms with Crippen molar-refractivity contribution in [3.8, 4) is 0 Å². The Bertz CT molecular complexity index is 653. The molecule has 1 N–H and O–H groups in total. The van der Waals surface area contributed by atoms with E-state index >= 15 is 0 Å². The highest BCUT2D eigenvalue weighted by atomic mass is 32.2. The van der Waals surface area contributed by atoms with Crippen LogP contribution in [0, 0.1) is 17.8 Å². The van der Waals surface area contributed by atoms with Crippen LogP contribution in [0.3, 0.4) is 0 Å². The van der Waals surface area contributed by atoms with Gasteiger partial charge in [0.2, 0.25) is 10.0 Å². The molecule has 0 heterocycles. The molecular formula is C21H33NO2S. The number of benzene rings is 1. The van der Waals surface area contributed by atoms with Gasteiger partial charge in [0, 0.05) is 6.04 Å². The molecule has 1 aromatic rings. The fourth-order valence-electron chi connectivity index (χ4n) is 4.90. The maximum Gasteiger partial charge on any atom is 0.240 e. The molecule has 2 saturated carbocycles. The second-order valence-corrected chi connectivity index (χ2v) is 9.92. The minimum atomic E-state index is -3.41. The highest BCUT2D eigenvalue weighted by Gasteiger charge is 2.42. The summed E-state index contributed by atoms with van der Waals surface area (Å²) in [5.74, 6) is 2.09. The third-order valence-corrected chi connectivity index (χ3v) is 7.90. The maximum absolute atomic E-state index is 12.7. The number of hydrogen-bond donors (Lipinski definition) is 1. The van der Waals surface area contributed by atoms with Crippen LogP contribution in [0.1, 0.15) is 70.8 Å². The normalized spacial score (nSPS) is 26.9. The van der Waals surface area contributed by atoms with Crippen LogP contribution >= 0.6 is 0 Å². The van der Waals surface area contributed by atoms with Crippen molar-refractivity contribution in [1.82, 2.24) is 4.72 Å². The van der Waals surface area contributed by atoms with Gasteiger partial charge in [0.25, 0.3) is 0 Å². The lowest BCUT2D eigenvalue weighted by molar-refractivity contribution is 0.280. The lowest BCUT2D eigenvalue weighted by atomic mass is 9.84. The van der Waals surface area contributed by atoms with Gasteiger partial charge in [-0.1, -0.05) is 44.7 Å². The standard InChI is InChI=1S/C21H33NO2S/c1-3-4-5-6-7-17-9-12-20(13-10-17)25(23,24)22-16(2)21-15-18-8-11-19(21)14-18/h9-10,12-13,16,18-19,21-22H,3-8,11,14-15H2,1-2H3. The number of rotatable bonds is 9.